The molecule has 1 aliphatic heterocycles. The van der Waals surface area contributed by atoms with Crippen molar-refractivity contribution in [3.05, 3.63) is 76.6 Å². The van der Waals surface area contributed by atoms with Gasteiger partial charge in [-0.3, -0.25) is 14.2 Å². The molecule has 0 N–H and O–H groups in total. The SMILES string of the molecule is CC1(C)CN(C(=O)Cn2cnc3ccc(F)cc3c2=O)C[C@@H]1c1ccccc1. The average Bonchev–Trinajstić information content (AvgIpc) is 3.00. The van der Waals surface area contributed by atoms with Gasteiger partial charge in [-0.2, -0.15) is 0 Å². The van der Waals surface area contributed by atoms with Crippen molar-refractivity contribution >= 4 is 16.8 Å². The summed E-state index contributed by atoms with van der Waals surface area (Å²) in [4.78, 5) is 31.5. The number of hydrogen-bond donors (Lipinski definition) is 0. The Labute approximate surface area is 162 Å². The molecule has 28 heavy (non-hydrogen) atoms. The van der Waals surface area contributed by atoms with E-state index in [0.29, 0.717) is 18.6 Å². The van der Waals surface area contributed by atoms with Crippen molar-refractivity contribution in [2.24, 2.45) is 5.41 Å². The van der Waals surface area contributed by atoms with Crippen LogP contribution >= 0.6 is 0 Å². The van der Waals surface area contributed by atoms with Crippen LogP contribution in [0.2, 0.25) is 0 Å². The van der Waals surface area contributed by atoms with Crippen molar-refractivity contribution in [1.82, 2.24) is 14.5 Å². The molecule has 2 heterocycles. The lowest BCUT2D eigenvalue weighted by atomic mass is 9.78. The summed E-state index contributed by atoms with van der Waals surface area (Å²) in [7, 11) is 0. The maximum atomic E-state index is 13.5. The second kappa shape index (κ2) is 6.86. The van der Waals surface area contributed by atoms with E-state index in [1.165, 1.54) is 28.6 Å². The van der Waals surface area contributed by atoms with Gasteiger partial charge in [-0.15, -0.1) is 0 Å². The normalized spacial score (nSPS) is 18.5. The minimum Gasteiger partial charge on any atom is -0.340 e. The van der Waals surface area contributed by atoms with E-state index in [2.05, 4.69) is 31.0 Å². The van der Waals surface area contributed by atoms with Crippen LogP contribution in [0, 0.1) is 11.2 Å². The molecule has 1 fully saturated rings. The van der Waals surface area contributed by atoms with E-state index in [0.717, 1.165) is 6.07 Å². The first kappa shape index (κ1) is 18.3. The standard InChI is InChI=1S/C22H22FN3O2/c1-22(2)13-25(11-18(22)15-6-4-3-5-7-15)20(27)12-26-14-24-19-9-8-16(23)10-17(19)21(26)28/h3-10,14,18H,11-13H2,1-2H3/t18-/m1/s1. The minimum atomic E-state index is -0.498. The Morgan fingerprint density at radius 1 is 1.21 bits per heavy atom. The van der Waals surface area contributed by atoms with Crippen LogP contribution in [0.25, 0.3) is 10.9 Å². The third kappa shape index (κ3) is 3.30. The summed E-state index contributed by atoms with van der Waals surface area (Å²) < 4.78 is 14.8. The summed E-state index contributed by atoms with van der Waals surface area (Å²) in [5.41, 5.74) is 1.16. The van der Waals surface area contributed by atoms with Crippen LogP contribution in [0.3, 0.4) is 0 Å². The summed E-state index contributed by atoms with van der Waals surface area (Å²) in [5.74, 6) is -0.396. The lowest BCUT2D eigenvalue weighted by Gasteiger charge is -2.25. The summed E-state index contributed by atoms with van der Waals surface area (Å²) in [6.45, 7) is 5.45. The van der Waals surface area contributed by atoms with E-state index in [4.69, 9.17) is 0 Å². The number of aromatic nitrogens is 2. The third-order valence-electron chi connectivity index (χ3n) is 5.59. The van der Waals surface area contributed by atoms with Gasteiger partial charge in [-0.25, -0.2) is 9.37 Å². The monoisotopic (exact) mass is 379 g/mol. The molecule has 1 saturated heterocycles. The lowest BCUT2D eigenvalue weighted by molar-refractivity contribution is -0.131. The van der Waals surface area contributed by atoms with Gasteiger partial charge in [0.2, 0.25) is 5.91 Å². The van der Waals surface area contributed by atoms with E-state index in [1.54, 1.807) is 4.90 Å². The number of likely N-dealkylation sites (tertiary alicyclic amines) is 1. The minimum absolute atomic E-state index is 0.0628. The van der Waals surface area contributed by atoms with Gasteiger partial charge in [0.15, 0.2) is 0 Å². The quantitative estimate of drug-likeness (QED) is 0.702. The highest BCUT2D eigenvalue weighted by atomic mass is 19.1. The molecule has 1 amide bonds. The molecule has 0 bridgehead atoms. The molecule has 6 heteroatoms. The predicted molar refractivity (Wildman–Crippen MR) is 106 cm³/mol. The largest absolute Gasteiger partial charge is 0.340 e. The molecule has 4 rings (SSSR count). The number of benzene rings is 2. The second-order valence-corrected chi connectivity index (χ2v) is 8.07. The molecular formula is C22H22FN3O2. The first-order valence-electron chi connectivity index (χ1n) is 9.32. The van der Waals surface area contributed by atoms with Gasteiger partial charge in [0, 0.05) is 19.0 Å². The molecule has 144 valence electrons. The van der Waals surface area contributed by atoms with Crippen LogP contribution in [0.5, 0.6) is 0 Å². The highest BCUT2D eigenvalue weighted by Gasteiger charge is 2.41. The highest BCUT2D eigenvalue weighted by Crippen LogP contribution is 2.42. The van der Waals surface area contributed by atoms with Crippen LogP contribution in [0.4, 0.5) is 4.39 Å². The van der Waals surface area contributed by atoms with Crippen molar-refractivity contribution in [3.8, 4) is 0 Å². The van der Waals surface area contributed by atoms with Crippen LogP contribution in [0.1, 0.15) is 25.3 Å². The van der Waals surface area contributed by atoms with Crippen molar-refractivity contribution in [2.75, 3.05) is 13.1 Å². The zero-order chi connectivity index (χ0) is 19.9. The van der Waals surface area contributed by atoms with Crippen LogP contribution in [-0.2, 0) is 11.3 Å². The summed E-state index contributed by atoms with van der Waals surface area (Å²) in [6, 6.07) is 14.1. The Bertz CT molecular complexity index is 1090. The summed E-state index contributed by atoms with van der Waals surface area (Å²) in [5, 5.41) is 0.180. The summed E-state index contributed by atoms with van der Waals surface area (Å²) >= 11 is 0. The summed E-state index contributed by atoms with van der Waals surface area (Å²) in [6.07, 6.45) is 1.36. The molecule has 0 unspecified atom stereocenters. The maximum Gasteiger partial charge on any atom is 0.261 e. The molecule has 5 nitrogen and oxygen atoms in total. The maximum absolute atomic E-state index is 13.5. The lowest BCUT2D eigenvalue weighted by Crippen LogP contribution is -2.36. The van der Waals surface area contributed by atoms with Crippen molar-refractivity contribution in [1.29, 1.82) is 0 Å². The Balaban J connectivity index is 1.57. The van der Waals surface area contributed by atoms with Crippen molar-refractivity contribution in [3.63, 3.8) is 0 Å². The van der Waals surface area contributed by atoms with Crippen LogP contribution < -0.4 is 5.56 Å². The van der Waals surface area contributed by atoms with Gasteiger partial charge in [0.1, 0.15) is 12.4 Å². The molecule has 1 atom stereocenters. The molecule has 0 spiro atoms. The first-order chi connectivity index (χ1) is 13.3. The van der Waals surface area contributed by atoms with Gasteiger partial charge in [-0.05, 0) is 29.2 Å². The zero-order valence-corrected chi connectivity index (χ0v) is 15.9. The fraction of sp³-hybridized carbons (Fsp3) is 0.318. The fourth-order valence-corrected chi connectivity index (χ4v) is 4.06. The average molecular weight is 379 g/mol. The molecule has 1 aromatic heterocycles. The molecular weight excluding hydrogens is 357 g/mol. The van der Waals surface area contributed by atoms with Gasteiger partial charge >= 0.3 is 0 Å². The van der Waals surface area contributed by atoms with Gasteiger partial charge in [-0.1, -0.05) is 44.2 Å². The molecule has 2 aromatic carbocycles. The van der Waals surface area contributed by atoms with Crippen LogP contribution in [0.15, 0.2) is 59.7 Å². The molecule has 1 aliphatic rings. The number of amides is 1. The van der Waals surface area contributed by atoms with E-state index in [9.17, 15) is 14.0 Å². The van der Waals surface area contributed by atoms with Gasteiger partial charge < -0.3 is 4.90 Å². The molecule has 0 aliphatic carbocycles. The first-order valence-corrected chi connectivity index (χ1v) is 9.32. The molecule has 3 aromatic rings. The van der Waals surface area contributed by atoms with E-state index in [1.807, 2.05) is 18.2 Å². The highest BCUT2D eigenvalue weighted by molar-refractivity contribution is 5.79. The number of carbonyl (C=O) groups excluding carboxylic acids is 1. The van der Waals surface area contributed by atoms with Crippen LogP contribution in [-0.4, -0.2) is 33.4 Å². The molecule has 0 saturated carbocycles. The van der Waals surface area contributed by atoms with Crippen molar-refractivity contribution < 1.29 is 9.18 Å². The van der Waals surface area contributed by atoms with E-state index < -0.39 is 11.4 Å². The number of hydrogen-bond acceptors (Lipinski definition) is 3. The Hall–Kier alpha value is -3.02. The van der Waals surface area contributed by atoms with Gasteiger partial charge in [0.05, 0.1) is 17.2 Å². The topological polar surface area (TPSA) is 55.2 Å². The van der Waals surface area contributed by atoms with Crippen molar-refractivity contribution in [2.45, 2.75) is 26.3 Å². The number of halogens is 1. The number of fused-ring (bicyclic) bond motifs is 1. The smallest absolute Gasteiger partial charge is 0.261 e. The molecule has 0 radical (unpaired) electrons. The zero-order valence-electron chi connectivity index (χ0n) is 15.9. The van der Waals surface area contributed by atoms with Gasteiger partial charge in [0.25, 0.3) is 5.56 Å². The Kier molecular flexibility index (Phi) is 4.49. The number of nitrogens with zero attached hydrogens (tertiary/aromatic N) is 3. The fourth-order valence-electron chi connectivity index (χ4n) is 4.06. The Morgan fingerprint density at radius 2 is 1.96 bits per heavy atom. The third-order valence-corrected chi connectivity index (χ3v) is 5.59. The van der Waals surface area contributed by atoms with E-state index in [-0.39, 0.29) is 29.2 Å². The predicted octanol–water partition coefficient (Wildman–Crippen LogP) is 3.19. The Morgan fingerprint density at radius 3 is 2.71 bits per heavy atom. The second-order valence-electron chi connectivity index (χ2n) is 8.07. The number of rotatable bonds is 3. The van der Waals surface area contributed by atoms with E-state index >= 15 is 0 Å². The number of carbonyl (C=O) groups is 1.